The third-order valence-electron chi connectivity index (χ3n) is 5.36. The van der Waals surface area contributed by atoms with Gasteiger partial charge in [0.2, 0.25) is 5.95 Å². The van der Waals surface area contributed by atoms with Gasteiger partial charge in [-0.05, 0) is 41.0 Å². The molecule has 3 aromatic rings. The summed E-state index contributed by atoms with van der Waals surface area (Å²) < 4.78 is 1.36. The summed E-state index contributed by atoms with van der Waals surface area (Å²) in [6.07, 6.45) is 1.66. The molecular weight excluding hydrogens is 338 g/mol. The van der Waals surface area contributed by atoms with Crippen LogP contribution in [0.1, 0.15) is 35.1 Å². The number of aliphatic hydroxyl groups excluding tert-OH is 1. The monoisotopic (exact) mass is 361 g/mol. The van der Waals surface area contributed by atoms with Gasteiger partial charge in [-0.3, -0.25) is 9.36 Å². The molecule has 5 heteroatoms. The maximum Gasteiger partial charge on any atom is 0.254 e. The minimum atomic E-state index is -0.111. The molecular formula is C22H23N3O2. The van der Waals surface area contributed by atoms with Crippen molar-refractivity contribution in [3.63, 3.8) is 0 Å². The molecule has 0 aliphatic heterocycles. The highest BCUT2D eigenvalue weighted by Gasteiger charge is 2.41. The van der Waals surface area contributed by atoms with E-state index in [9.17, 15) is 4.79 Å². The van der Waals surface area contributed by atoms with Crippen molar-refractivity contribution in [1.82, 2.24) is 9.55 Å². The standard InChI is InChI=1S/C22H23N3O2/c1-25-21(27)13-20(24-22(25)23)19-12-18(19)17-4-2-3-16(11-17)15-7-5-14(6-8-15)9-10-26/h2-8,11,13,18-19,26H,9-10,12H2,1H3,(H2,23,24)/t18-,19-/m0/s1. The van der Waals surface area contributed by atoms with E-state index in [2.05, 4.69) is 53.5 Å². The van der Waals surface area contributed by atoms with Crippen LogP contribution in [0.25, 0.3) is 11.1 Å². The predicted molar refractivity (Wildman–Crippen MR) is 107 cm³/mol. The van der Waals surface area contributed by atoms with Gasteiger partial charge in [-0.25, -0.2) is 4.98 Å². The van der Waals surface area contributed by atoms with Crippen LogP contribution in [0, 0.1) is 0 Å². The van der Waals surface area contributed by atoms with Gasteiger partial charge in [0.15, 0.2) is 0 Å². The Morgan fingerprint density at radius 3 is 2.59 bits per heavy atom. The molecule has 1 aliphatic carbocycles. The van der Waals surface area contributed by atoms with E-state index in [1.165, 1.54) is 15.7 Å². The molecule has 1 aliphatic rings. The quantitative estimate of drug-likeness (QED) is 0.732. The van der Waals surface area contributed by atoms with E-state index in [-0.39, 0.29) is 24.0 Å². The molecule has 0 saturated heterocycles. The number of benzene rings is 2. The Morgan fingerprint density at radius 2 is 1.89 bits per heavy atom. The summed E-state index contributed by atoms with van der Waals surface area (Å²) in [7, 11) is 1.63. The van der Waals surface area contributed by atoms with Crippen LogP contribution < -0.4 is 11.3 Å². The average Bonchev–Trinajstić information content (AvgIpc) is 3.48. The Hall–Kier alpha value is -2.92. The van der Waals surface area contributed by atoms with Gasteiger partial charge < -0.3 is 10.8 Å². The van der Waals surface area contributed by atoms with Crippen molar-refractivity contribution in [3.05, 3.63) is 81.8 Å². The molecule has 1 aromatic heterocycles. The summed E-state index contributed by atoms with van der Waals surface area (Å²) in [5.41, 5.74) is 11.2. The van der Waals surface area contributed by atoms with Crippen molar-refractivity contribution in [2.45, 2.75) is 24.7 Å². The lowest BCUT2D eigenvalue weighted by Crippen LogP contribution is -2.21. The first kappa shape index (κ1) is 17.5. The Balaban J connectivity index is 1.56. The molecule has 3 N–H and O–H groups in total. The molecule has 5 nitrogen and oxygen atoms in total. The van der Waals surface area contributed by atoms with Crippen LogP contribution in [0.4, 0.5) is 5.95 Å². The third kappa shape index (κ3) is 3.51. The first-order chi connectivity index (χ1) is 13.1. The number of anilines is 1. The number of nitrogens with two attached hydrogens (primary N) is 1. The zero-order valence-corrected chi connectivity index (χ0v) is 15.3. The minimum Gasteiger partial charge on any atom is -0.396 e. The van der Waals surface area contributed by atoms with Crippen LogP contribution in [0.3, 0.4) is 0 Å². The molecule has 1 fully saturated rings. The molecule has 0 spiro atoms. The van der Waals surface area contributed by atoms with Crippen LogP contribution >= 0.6 is 0 Å². The van der Waals surface area contributed by atoms with Crippen molar-refractivity contribution in [2.75, 3.05) is 12.3 Å². The fourth-order valence-corrected chi connectivity index (χ4v) is 3.60. The number of aliphatic hydroxyl groups is 1. The third-order valence-corrected chi connectivity index (χ3v) is 5.36. The molecule has 2 aromatic carbocycles. The smallest absolute Gasteiger partial charge is 0.254 e. The zero-order valence-electron chi connectivity index (χ0n) is 15.3. The molecule has 1 heterocycles. The van der Waals surface area contributed by atoms with E-state index >= 15 is 0 Å². The molecule has 1 saturated carbocycles. The minimum absolute atomic E-state index is 0.111. The van der Waals surface area contributed by atoms with Crippen molar-refractivity contribution >= 4 is 5.95 Å². The zero-order chi connectivity index (χ0) is 19.0. The maximum atomic E-state index is 12.0. The van der Waals surface area contributed by atoms with Gasteiger partial charge in [-0.1, -0.05) is 48.5 Å². The number of hydrogen-bond donors (Lipinski definition) is 2. The average molecular weight is 361 g/mol. The molecule has 0 unspecified atom stereocenters. The molecule has 27 heavy (non-hydrogen) atoms. The number of aromatic nitrogens is 2. The lowest BCUT2D eigenvalue weighted by atomic mass is 9.99. The molecule has 2 atom stereocenters. The van der Waals surface area contributed by atoms with Crippen LogP contribution in [0.5, 0.6) is 0 Å². The Labute approximate surface area is 158 Å². The van der Waals surface area contributed by atoms with Gasteiger partial charge in [-0.15, -0.1) is 0 Å². The molecule has 4 rings (SSSR count). The van der Waals surface area contributed by atoms with Crippen LogP contribution in [0.15, 0.2) is 59.4 Å². The van der Waals surface area contributed by atoms with Crippen LogP contribution in [-0.4, -0.2) is 21.3 Å². The van der Waals surface area contributed by atoms with E-state index in [0.717, 1.165) is 23.2 Å². The summed E-state index contributed by atoms with van der Waals surface area (Å²) >= 11 is 0. The second-order valence-corrected chi connectivity index (χ2v) is 7.18. The van der Waals surface area contributed by atoms with Gasteiger partial charge in [0.05, 0.1) is 5.69 Å². The maximum absolute atomic E-state index is 12.0. The first-order valence-corrected chi connectivity index (χ1v) is 9.20. The van der Waals surface area contributed by atoms with Gasteiger partial charge in [-0.2, -0.15) is 0 Å². The van der Waals surface area contributed by atoms with Crippen LogP contribution in [0.2, 0.25) is 0 Å². The summed E-state index contributed by atoms with van der Waals surface area (Å²) in [5.74, 6) is 0.890. The van der Waals surface area contributed by atoms with E-state index in [1.807, 2.05) is 0 Å². The SMILES string of the molecule is Cn1c(N)nc([C@H]2C[C@H]2c2cccc(-c3ccc(CCO)cc3)c2)cc1=O. The number of nitrogen functional groups attached to an aromatic ring is 1. The van der Waals surface area contributed by atoms with E-state index < -0.39 is 0 Å². The Kier molecular flexibility index (Phi) is 4.54. The number of rotatable bonds is 5. The molecule has 0 amide bonds. The van der Waals surface area contributed by atoms with E-state index in [0.29, 0.717) is 12.3 Å². The highest BCUT2D eigenvalue weighted by Crippen LogP contribution is 2.54. The number of hydrogen-bond acceptors (Lipinski definition) is 4. The van der Waals surface area contributed by atoms with E-state index in [4.69, 9.17) is 10.8 Å². The largest absolute Gasteiger partial charge is 0.396 e. The Bertz CT molecular complexity index is 1020. The summed E-state index contributed by atoms with van der Waals surface area (Å²) in [5, 5.41) is 9.04. The van der Waals surface area contributed by atoms with Crippen molar-refractivity contribution in [2.24, 2.45) is 7.05 Å². The highest BCUT2D eigenvalue weighted by atomic mass is 16.2. The highest BCUT2D eigenvalue weighted by molar-refractivity contribution is 5.65. The second kappa shape index (κ2) is 7.00. The molecule has 0 bridgehead atoms. The Morgan fingerprint density at radius 1 is 1.11 bits per heavy atom. The molecule has 0 radical (unpaired) electrons. The van der Waals surface area contributed by atoms with Gasteiger partial charge in [0, 0.05) is 25.6 Å². The normalized spacial score (nSPS) is 18.4. The molecule has 138 valence electrons. The van der Waals surface area contributed by atoms with Crippen LogP contribution in [-0.2, 0) is 13.5 Å². The van der Waals surface area contributed by atoms with E-state index in [1.54, 1.807) is 13.1 Å². The van der Waals surface area contributed by atoms with Gasteiger partial charge >= 0.3 is 0 Å². The van der Waals surface area contributed by atoms with Crippen molar-refractivity contribution < 1.29 is 5.11 Å². The fourth-order valence-electron chi connectivity index (χ4n) is 3.60. The topological polar surface area (TPSA) is 81.1 Å². The number of nitrogens with zero attached hydrogens (tertiary/aromatic N) is 2. The summed E-state index contributed by atoms with van der Waals surface area (Å²) in [6, 6.07) is 18.5. The predicted octanol–water partition coefficient (Wildman–Crippen LogP) is 2.84. The summed E-state index contributed by atoms with van der Waals surface area (Å²) in [6.45, 7) is 0.166. The first-order valence-electron chi connectivity index (χ1n) is 9.20. The van der Waals surface area contributed by atoms with Gasteiger partial charge in [0.1, 0.15) is 0 Å². The summed E-state index contributed by atoms with van der Waals surface area (Å²) in [4.78, 5) is 16.4. The second-order valence-electron chi connectivity index (χ2n) is 7.18. The van der Waals surface area contributed by atoms with Crippen molar-refractivity contribution in [3.8, 4) is 11.1 Å². The van der Waals surface area contributed by atoms with Gasteiger partial charge in [0.25, 0.3) is 5.56 Å². The van der Waals surface area contributed by atoms with Crippen molar-refractivity contribution in [1.29, 1.82) is 0 Å². The lowest BCUT2D eigenvalue weighted by molar-refractivity contribution is 0.299. The lowest BCUT2D eigenvalue weighted by Gasteiger charge is -2.08. The fraction of sp³-hybridized carbons (Fsp3) is 0.273.